The summed E-state index contributed by atoms with van der Waals surface area (Å²) in [5.41, 5.74) is 3.42. The topological polar surface area (TPSA) is 72.2 Å². The summed E-state index contributed by atoms with van der Waals surface area (Å²) in [5, 5.41) is 0. The first-order valence-corrected chi connectivity index (χ1v) is 10.4. The van der Waals surface area contributed by atoms with Crippen LogP contribution in [0.15, 0.2) is 88.2 Å². The molecule has 0 saturated heterocycles. The van der Waals surface area contributed by atoms with Crippen LogP contribution in [0.3, 0.4) is 0 Å². The van der Waals surface area contributed by atoms with E-state index in [4.69, 9.17) is 4.42 Å². The van der Waals surface area contributed by atoms with E-state index < -0.39 is 10.0 Å². The van der Waals surface area contributed by atoms with Crippen LogP contribution in [0.25, 0.3) is 16.7 Å². The Morgan fingerprint density at radius 1 is 1.11 bits per heavy atom. The average molecular weight is 394 g/mol. The van der Waals surface area contributed by atoms with Crippen molar-refractivity contribution >= 4 is 26.7 Å². The molecule has 1 heterocycles. The van der Waals surface area contributed by atoms with Gasteiger partial charge in [0.2, 0.25) is 15.9 Å². The van der Waals surface area contributed by atoms with Gasteiger partial charge in [-0.05, 0) is 44.2 Å². The van der Waals surface area contributed by atoms with E-state index in [1.807, 2.05) is 56.3 Å². The van der Waals surface area contributed by atoms with Crippen molar-refractivity contribution in [2.75, 3.05) is 6.54 Å². The molecule has 0 aliphatic carbocycles. The molecule has 2 aromatic carbocycles. The van der Waals surface area contributed by atoms with Crippen LogP contribution < -0.4 is 4.72 Å². The highest BCUT2D eigenvalue weighted by atomic mass is 32.2. The minimum atomic E-state index is -3.50. The fourth-order valence-electron chi connectivity index (χ4n) is 2.55. The lowest BCUT2D eigenvalue weighted by molar-refractivity contribution is 0.585. The Morgan fingerprint density at radius 3 is 2.57 bits per heavy atom. The van der Waals surface area contributed by atoms with Crippen molar-refractivity contribution in [2.45, 2.75) is 18.7 Å². The van der Waals surface area contributed by atoms with Crippen LogP contribution in [0.1, 0.15) is 18.4 Å². The molecule has 1 N–H and O–H groups in total. The predicted molar refractivity (Wildman–Crippen MR) is 112 cm³/mol. The molecule has 5 nitrogen and oxygen atoms in total. The van der Waals surface area contributed by atoms with E-state index >= 15 is 0 Å². The minimum Gasteiger partial charge on any atom is -0.436 e. The lowest BCUT2D eigenvalue weighted by atomic mass is 10.2. The molecular formula is C22H22N2O3S. The number of nitrogens with one attached hydrogen (secondary N) is 1. The predicted octanol–water partition coefficient (Wildman–Crippen LogP) is 4.63. The first kappa shape index (κ1) is 19.8. The van der Waals surface area contributed by atoms with Crippen molar-refractivity contribution in [1.82, 2.24) is 9.71 Å². The molecule has 3 rings (SSSR count). The second kappa shape index (κ2) is 8.82. The van der Waals surface area contributed by atoms with E-state index in [9.17, 15) is 8.42 Å². The minimum absolute atomic E-state index is 0.203. The summed E-state index contributed by atoms with van der Waals surface area (Å²) in [5.74, 6) is 0.549. The van der Waals surface area contributed by atoms with Gasteiger partial charge in [0.05, 0.1) is 4.90 Å². The van der Waals surface area contributed by atoms with Crippen LogP contribution in [0.2, 0.25) is 0 Å². The number of benzene rings is 2. The zero-order valence-corrected chi connectivity index (χ0v) is 16.6. The van der Waals surface area contributed by atoms with Gasteiger partial charge in [0.25, 0.3) is 0 Å². The molecule has 0 atom stereocenters. The van der Waals surface area contributed by atoms with Gasteiger partial charge in [-0.15, -0.1) is 0 Å². The molecule has 3 aromatic rings. The molecular weight excluding hydrogens is 372 g/mol. The molecule has 0 saturated carbocycles. The molecule has 0 aliphatic rings. The number of aryl methyl sites for hydroxylation is 1. The van der Waals surface area contributed by atoms with Gasteiger partial charge in [-0.3, -0.25) is 0 Å². The maximum absolute atomic E-state index is 12.2. The van der Waals surface area contributed by atoms with Crippen LogP contribution in [0.5, 0.6) is 0 Å². The summed E-state index contributed by atoms with van der Waals surface area (Å²) >= 11 is 0. The van der Waals surface area contributed by atoms with Crippen molar-refractivity contribution < 1.29 is 12.8 Å². The molecule has 6 heteroatoms. The zero-order valence-electron chi connectivity index (χ0n) is 15.8. The second-order valence-electron chi connectivity index (χ2n) is 6.18. The smallest absolute Gasteiger partial charge is 0.240 e. The van der Waals surface area contributed by atoms with E-state index in [1.165, 1.54) is 0 Å². The highest BCUT2D eigenvalue weighted by Crippen LogP contribution is 2.21. The van der Waals surface area contributed by atoms with Crippen molar-refractivity contribution in [3.05, 3.63) is 90.4 Å². The number of aromatic nitrogens is 1. The van der Waals surface area contributed by atoms with Gasteiger partial charge in [0, 0.05) is 12.1 Å². The maximum Gasteiger partial charge on any atom is 0.240 e. The lowest BCUT2D eigenvalue weighted by Crippen LogP contribution is -2.23. The summed E-state index contributed by atoms with van der Waals surface area (Å²) in [6.45, 7) is 4.03. The van der Waals surface area contributed by atoms with Gasteiger partial charge < -0.3 is 4.42 Å². The molecule has 0 spiro atoms. The van der Waals surface area contributed by atoms with Gasteiger partial charge in [0.1, 0.15) is 5.52 Å². The number of rotatable bonds is 7. The summed E-state index contributed by atoms with van der Waals surface area (Å²) in [6, 6.07) is 14.3. The summed E-state index contributed by atoms with van der Waals surface area (Å²) in [6.07, 6.45) is 9.13. The Balaban J connectivity index is 1.58. The third-order valence-corrected chi connectivity index (χ3v) is 5.54. The van der Waals surface area contributed by atoms with Crippen molar-refractivity contribution in [3.8, 4) is 0 Å². The van der Waals surface area contributed by atoms with Crippen molar-refractivity contribution in [1.29, 1.82) is 0 Å². The van der Waals surface area contributed by atoms with Crippen molar-refractivity contribution in [3.63, 3.8) is 0 Å². The summed E-state index contributed by atoms with van der Waals surface area (Å²) in [7, 11) is -3.50. The third-order valence-electron chi connectivity index (χ3n) is 4.10. The van der Waals surface area contributed by atoms with Crippen molar-refractivity contribution in [2.24, 2.45) is 0 Å². The molecule has 28 heavy (non-hydrogen) atoms. The maximum atomic E-state index is 12.2. The third kappa shape index (κ3) is 4.85. The Kier molecular flexibility index (Phi) is 6.23. The first-order chi connectivity index (χ1) is 13.5. The largest absolute Gasteiger partial charge is 0.436 e. The number of fused-ring (bicyclic) bond motifs is 1. The molecule has 0 bridgehead atoms. The molecule has 0 aliphatic heterocycles. The van der Waals surface area contributed by atoms with Crippen LogP contribution in [-0.4, -0.2) is 19.9 Å². The Bertz CT molecular complexity index is 1100. The highest BCUT2D eigenvalue weighted by molar-refractivity contribution is 7.89. The van der Waals surface area contributed by atoms with Crippen LogP contribution in [-0.2, 0) is 10.0 Å². The van der Waals surface area contributed by atoms with Crippen LogP contribution >= 0.6 is 0 Å². The fourth-order valence-corrected chi connectivity index (χ4v) is 3.53. The van der Waals surface area contributed by atoms with Crippen LogP contribution in [0.4, 0.5) is 0 Å². The Morgan fingerprint density at radius 2 is 1.86 bits per heavy atom. The van der Waals surface area contributed by atoms with Gasteiger partial charge in [-0.1, -0.05) is 54.1 Å². The number of oxazole rings is 1. The van der Waals surface area contributed by atoms with Crippen LogP contribution in [0, 0.1) is 6.92 Å². The van der Waals surface area contributed by atoms with E-state index in [-0.39, 0.29) is 11.4 Å². The molecule has 0 unspecified atom stereocenters. The van der Waals surface area contributed by atoms with Gasteiger partial charge in [-0.25, -0.2) is 18.1 Å². The lowest BCUT2D eigenvalue weighted by Gasteiger charge is -2.04. The Hall–Kier alpha value is -2.96. The number of nitrogens with zero attached hydrogens (tertiary/aromatic N) is 1. The van der Waals surface area contributed by atoms with Gasteiger partial charge in [-0.2, -0.15) is 0 Å². The van der Waals surface area contributed by atoms with E-state index in [1.54, 1.807) is 36.4 Å². The molecule has 0 amide bonds. The highest BCUT2D eigenvalue weighted by Gasteiger charge is 2.11. The van der Waals surface area contributed by atoms with E-state index in [0.29, 0.717) is 5.89 Å². The summed E-state index contributed by atoms with van der Waals surface area (Å²) < 4.78 is 32.7. The van der Waals surface area contributed by atoms with Gasteiger partial charge in [0.15, 0.2) is 5.58 Å². The van der Waals surface area contributed by atoms with E-state index in [2.05, 4.69) is 9.71 Å². The number of hydrogen-bond acceptors (Lipinski definition) is 4. The standard InChI is InChI=1S/C22H22N2O3S/c1-3-18(22-24-20-10-6-7-11-21(20)27-22)9-5-4-8-16-23-28(25,26)19-14-12-17(2)13-15-19/h3-15,23H,16H2,1-2H3. The average Bonchev–Trinajstić information content (AvgIpc) is 3.11. The molecule has 1 aromatic heterocycles. The van der Waals surface area contributed by atoms with E-state index in [0.717, 1.165) is 22.2 Å². The quantitative estimate of drug-likeness (QED) is 0.593. The van der Waals surface area contributed by atoms with Gasteiger partial charge >= 0.3 is 0 Å². The normalized spacial score (nSPS) is 13.1. The SMILES string of the molecule is CC=C(C=CC=CCNS(=O)(=O)c1ccc(C)cc1)c1nc2ccccc2o1. The second-order valence-corrected chi connectivity index (χ2v) is 7.95. The zero-order chi connectivity index (χ0) is 20.0. The summed E-state index contributed by atoms with van der Waals surface area (Å²) in [4.78, 5) is 4.73. The number of sulfonamides is 1. The number of allylic oxidation sites excluding steroid dienone is 5. The Labute approximate surface area is 165 Å². The number of para-hydroxylation sites is 2. The first-order valence-electron chi connectivity index (χ1n) is 8.91. The number of hydrogen-bond donors (Lipinski definition) is 1. The molecule has 0 fully saturated rings. The fraction of sp³-hybridized carbons (Fsp3) is 0.136. The molecule has 0 radical (unpaired) electrons. The monoisotopic (exact) mass is 394 g/mol. The molecule has 144 valence electrons.